The van der Waals surface area contributed by atoms with Crippen LogP contribution in [0.1, 0.15) is 34.7 Å². The summed E-state index contributed by atoms with van der Waals surface area (Å²) < 4.78 is 0. The van der Waals surface area contributed by atoms with Gasteiger partial charge in [0.2, 0.25) is 0 Å². The van der Waals surface area contributed by atoms with Crippen molar-refractivity contribution in [3.63, 3.8) is 0 Å². The molecule has 0 atom stereocenters. The van der Waals surface area contributed by atoms with Crippen LogP contribution in [0.5, 0.6) is 0 Å². The number of fused-ring (bicyclic) bond motifs is 3. The molecule has 1 aliphatic carbocycles. The zero-order valence-corrected chi connectivity index (χ0v) is 14.1. The molecule has 1 aromatic carbocycles. The van der Waals surface area contributed by atoms with Gasteiger partial charge < -0.3 is 0 Å². The summed E-state index contributed by atoms with van der Waals surface area (Å²) in [5.74, 6) is 1.08. The second-order valence-electron chi connectivity index (χ2n) is 5.88. The summed E-state index contributed by atoms with van der Waals surface area (Å²) in [4.78, 5) is 12.0. The van der Waals surface area contributed by atoms with Crippen LogP contribution in [0.4, 0.5) is 0 Å². The Kier molecular flexibility index (Phi) is 3.63. The maximum atomic E-state index is 6.02. The van der Waals surface area contributed by atoms with Gasteiger partial charge in [-0.15, -0.1) is 22.9 Å². The van der Waals surface area contributed by atoms with Gasteiger partial charge in [-0.1, -0.05) is 29.8 Å². The van der Waals surface area contributed by atoms with E-state index in [1.807, 2.05) is 11.3 Å². The van der Waals surface area contributed by atoms with Crippen LogP contribution < -0.4 is 0 Å². The molecule has 22 heavy (non-hydrogen) atoms. The summed E-state index contributed by atoms with van der Waals surface area (Å²) in [5.41, 5.74) is 4.96. The molecule has 4 rings (SSSR count). The normalized spacial score (nSPS) is 14.3. The minimum Gasteiger partial charge on any atom is -0.231 e. The minimum absolute atomic E-state index is 0.359. The smallest absolute Gasteiger partial charge is 0.145 e. The SMILES string of the molecule is Cc1ccc(-c2nc(CCl)nc3sc4c(c23)CCCC4)cc1. The van der Waals surface area contributed by atoms with Crippen LogP contribution in [0, 0.1) is 6.92 Å². The molecular weight excluding hydrogens is 312 g/mol. The highest BCUT2D eigenvalue weighted by Gasteiger charge is 2.21. The van der Waals surface area contributed by atoms with Gasteiger partial charge >= 0.3 is 0 Å². The van der Waals surface area contributed by atoms with Crippen molar-refractivity contribution in [3.05, 3.63) is 46.1 Å². The summed E-state index contributed by atoms with van der Waals surface area (Å²) in [7, 11) is 0. The van der Waals surface area contributed by atoms with E-state index in [0.717, 1.165) is 28.3 Å². The Morgan fingerprint density at radius 2 is 1.86 bits per heavy atom. The van der Waals surface area contributed by atoms with Crippen LogP contribution in [-0.4, -0.2) is 9.97 Å². The number of rotatable bonds is 2. The Morgan fingerprint density at radius 1 is 1.09 bits per heavy atom. The third kappa shape index (κ3) is 2.33. The number of nitrogens with zero attached hydrogens (tertiary/aromatic N) is 2. The van der Waals surface area contributed by atoms with Gasteiger partial charge in [0.25, 0.3) is 0 Å². The van der Waals surface area contributed by atoms with Crippen molar-refractivity contribution in [2.75, 3.05) is 0 Å². The first-order valence-electron chi connectivity index (χ1n) is 7.70. The molecule has 0 radical (unpaired) electrons. The van der Waals surface area contributed by atoms with Crippen molar-refractivity contribution in [2.24, 2.45) is 0 Å². The number of alkyl halides is 1. The third-order valence-corrected chi connectivity index (χ3v) is 5.73. The molecule has 0 unspecified atom stereocenters. The first kappa shape index (κ1) is 14.2. The van der Waals surface area contributed by atoms with Crippen molar-refractivity contribution in [1.29, 1.82) is 0 Å². The van der Waals surface area contributed by atoms with Gasteiger partial charge in [-0.3, -0.25) is 0 Å². The van der Waals surface area contributed by atoms with Crippen LogP contribution in [0.25, 0.3) is 21.5 Å². The summed E-state index contributed by atoms with van der Waals surface area (Å²) in [6.45, 7) is 2.11. The predicted octanol–water partition coefficient (Wildman–Crippen LogP) is 5.28. The average molecular weight is 329 g/mol. The lowest BCUT2D eigenvalue weighted by Crippen LogP contribution is -2.00. The maximum Gasteiger partial charge on any atom is 0.145 e. The lowest BCUT2D eigenvalue weighted by molar-refractivity contribution is 0.700. The summed E-state index contributed by atoms with van der Waals surface area (Å²) in [5, 5.41) is 1.26. The van der Waals surface area contributed by atoms with Gasteiger partial charge in [0, 0.05) is 15.8 Å². The van der Waals surface area contributed by atoms with Crippen LogP contribution in [0.15, 0.2) is 24.3 Å². The first-order chi connectivity index (χ1) is 10.8. The number of hydrogen-bond donors (Lipinski definition) is 0. The van der Waals surface area contributed by atoms with Crippen LogP contribution >= 0.6 is 22.9 Å². The van der Waals surface area contributed by atoms with Crippen LogP contribution in [0.3, 0.4) is 0 Å². The molecule has 0 bridgehead atoms. The molecule has 0 spiro atoms. The molecule has 2 heterocycles. The highest BCUT2D eigenvalue weighted by molar-refractivity contribution is 7.19. The fraction of sp³-hybridized carbons (Fsp3) is 0.333. The molecule has 0 fully saturated rings. The molecule has 0 N–H and O–H groups in total. The number of halogens is 1. The largest absolute Gasteiger partial charge is 0.231 e. The van der Waals surface area contributed by atoms with E-state index >= 15 is 0 Å². The van der Waals surface area contributed by atoms with Gasteiger partial charge in [-0.2, -0.15) is 0 Å². The van der Waals surface area contributed by atoms with Crippen molar-refractivity contribution >= 4 is 33.2 Å². The third-order valence-electron chi connectivity index (χ3n) is 4.31. The topological polar surface area (TPSA) is 25.8 Å². The van der Waals surface area contributed by atoms with Gasteiger partial charge in [-0.05, 0) is 38.2 Å². The van der Waals surface area contributed by atoms with E-state index in [4.69, 9.17) is 16.6 Å². The molecule has 2 nitrogen and oxygen atoms in total. The molecule has 3 aromatic rings. The molecule has 1 aliphatic rings. The fourth-order valence-corrected chi connectivity index (χ4v) is 4.58. The molecule has 112 valence electrons. The van der Waals surface area contributed by atoms with E-state index in [-0.39, 0.29) is 0 Å². The van der Waals surface area contributed by atoms with Crippen LogP contribution in [-0.2, 0) is 18.7 Å². The minimum atomic E-state index is 0.359. The van der Waals surface area contributed by atoms with E-state index in [1.165, 1.54) is 40.7 Å². The molecule has 4 heteroatoms. The molecular formula is C18H17ClN2S. The van der Waals surface area contributed by atoms with E-state index in [0.29, 0.717) is 5.88 Å². The average Bonchev–Trinajstić information content (AvgIpc) is 2.93. The second kappa shape index (κ2) is 5.64. The molecule has 0 aliphatic heterocycles. The van der Waals surface area contributed by atoms with Crippen LogP contribution in [0.2, 0.25) is 0 Å². The highest BCUT2D eigenvalue weighted by atomic mass is 35.5. The summed E-state index contributed by atoms with van der Waals surface area (Å²) in [6, 6.07) is 8.59. The number of aryl methyl sites for hydroxylation is 3. The Labute approximate surface area is 139 Å². The quantitative estimate of drug-likeness (QED) is 0.598. The Balaban J connectivity index is 2.02. The Morgan fingerprint density at radius 3 is 2.64 bits per heavy atom. The number of benzene rings is 1. The number of thiophene rings is 1. The zero-order valence-electron chi connectivity index (χ0n) is 12.5. The van der Waals surface area contributed by atoms with Crippen molar-refractivity contribution in [1.82, 2.24) is 9.97 Å². The molecule has 2 aromatic heterocycles. The molecule has 0 saturated heterocycles. The fourth-order valence-electron chi connectivity index (χ4n) is 3.18. The zero-order chi connectivity index (χ0) is 15.1. The standard InChI is InChI=1S/C18H17ClN2S/c1-11-6-8-12(9-7-11)17-16-13-4-2-3-5-14(13)22-18(16)21-15(10-19)20-17/h6-9H,2-5,10H2,1H3. The first-order valence-corrected chi connectivity index (χ1v) is 9.05. The van der Waals surface area contributed by atoms with Crippen molar-refractivity contribution < 1.29 is 0 Å². The van der Waals surface area contributed by atoms with Gasteiger partial charge in [0.15, 0.2) is 0 Å². The highest BCUT2D eigenvalue weighted by Crippen LogP contribution is 2.40. The van der Waals surface area contributed by atoms with E-state index in [1.54, 1.807) is 0 Å². The predicted molar refractivity (Wildman–Crippen MR) is 93.8 cm³/mol. The maximum absolute atomic E-state index is 6.02. The Bertz CT molecular complexity index is 836. The molecule has 0 saturated carbocycles. The second-order valence-corrected chi connectivity index (χ2v) is 7.23. The summed E-state index contributed by atoms with van der Waals surface area (Å²) in [6.07, 6.45) is 4.89. The van der Waals surface area contributed by atoms with E-state index in [9.17, 15) is 0 Å². The van der Waals surface area contributed by atoms with E-state index in [2.05, 4.69) is 36.2 Å². The van der Waals surface area contributed by atoms with Crippen molar-refractivity contribution in [2.45, 2.75) is 38.5 Å². The van der Waals surface area contributed by atoms with Crippen molar-refractivity contribution in [3.8, 4) is 11.3 Å². The number of aromatic nitrogens is 2. The molecule has 0 amide bonds. The monoisotopic (exact) mass is 328 g/mol. The Hall–Kier alpha value is -1.45. The lowest BCUT2D eigenvalue weighted by Gasteiger charge is -2.12. The van der Waals surface area contributed by atoms with Gasteiger partial charge in [-0.25, -0.2) is 9.97 Å². The lowest BCUT2D eigenvalue weighted by atomic mass is 9.94. The summed E-state index contributed by atoms with van der Waals surface area (Å²) >= 11 is 7.85. The van der Waals surface area contributed by atoms with Gasteiger partial charge in [0.05, 0.1) is 11.6 Å². The number of hydrogen-bond acceptors (Lipinski definition) is 3. The van der Waals surface area contributed by atoms with E-state index < -0.39 is 0 Å². The van der Waals surface area contributed by atoms with Gasteiger partial charge in [0.1, 0.15) is 10.7 Å².